The van der Waals surface area contributed by atoms with Crippen molar-refractivity contribution >= 4 is 17.6 Å². The predicted octanol–water partition coefficient (Wildman–Crippen LogP) is 4.96. The second kappa shape index (κ2) is 8.37. The van der Waals surface area contributed by atoms with E-state index in [1.807, 2.05) is 30.4 Å². The van der Waals surface area contributed by atoms with Crippen LogP contribution in [-0.2, 0) is 17.8 Å². The van der Waals surface area contributed by atoms with Gasteiger partial charge >= 0.3 is 5.97 Å². The number of hydrogen-bond acceptors (Lipinski definition) is 6. The number of nitrogens with one attached hydrogen (secondary N) is 1. The minimum atomic E-state index is -3.10. The van der Waals surface area contributed by atoms with Gasteiger partial charge in [0.05, 0.1) is 35.3 Å². The van der Waals surface area contributed by atoms with E-state index in [-0.39, 0.29) is 11.7 Å². The quantitative estimate of drug-likeness (QED) is 0.494. The number of aryl methyl sites for hydroxylation is 1. The van der Waals surface area contributed by atoms with E-state index in [9.17, 15) is 18.7 Å². The van der Waals surface area contributed by atoms with Crippen LogP contribution in [0.1, 0.15) is 43.4 Å². The van der Waals surface area contributed by atoms with Crippen LogP contribution in [0.25, 0.3) is 11.3 Å². The lowest BCUT2D eigenvalue weighted by atomic mass is 9.85. The normalized spacial score (nSPS) is 18.7. The fraction of sp³-hybridized carbons (Fsp3) is 0.320. The Bertz CT molecular complexity index is 1340. The first-order chi connectivity index (χ1) is 16.7. The lowest BCUT2D eigenvalue weighted by Gasteiger charge is -2.20. The van der Waals surface area contributed by atoms with Crippen LogP contribution in [0.3, 0.4) is 0 Å². The number of nitrogens with zero attached hydrogens (tertiary/aromatic N) is 5. The number of aromatic nitrogens is 5. The van der Waals surface area contributed by atoms with Gasteiger partial charge in [-0.2, -0.15) is 13.9 Å². The molecular weight excluding hydrogens is 454 g/mol. The van der Waals surface area contributed by atoms with Crippen LogP contribution in [0.5, 0.6) is 0 Å². The van der Waals surface area contributed by atoms with E-state index in [0.717, 1.165) is 30.7 Å². The van der Waals surface area contributed by atoms with Crippen molar-refractivity contribution in [2.45, 2.75) is 38.0 Å². The summed E-state index contributed by atoms with van der Waals surface area (Å²) in [4.78, 5) is 24.0. The maximum Gasteiger partial charge on any atom is 0.314 e. The van der Waals surface area contributed by atoms with Crippen LogP contribution in [-0.4, -0.2) is 35.8 Å². The zero-order valence-corrected chi connectivity index (χ0v) is 19.2. The highest BCUT2D eigenvalue weighted by Gasteiger charge is 2.52. The summed E-state index contributed by atoms with van der Waals surface area (Å²) in [7, 11) is 1.73. The van der Waals surface area contributed by atoms with E-state index in [4.69, 9.17) is 0 Å². The standard InChI is InChI=1S/C25H24F2N6O2/c1-24(26,27)20-13-28-14-21(31-20)32-22-18(12-30-33(22)2)19-8-5-16(11-29-19)15-3-6-17(7-4-15)25(9-10-25)23(34)35/h3,5-8,11-15H,4,9-10H2,1-2H3,(H,31,32)(H,34,35). The molecule has 1 atom stereocenters. The van der Waals surface area contributed by atoms with E-state index in [1.165, 1.54) is 6.20 Å². The SMILES string of the molecule is Cn1ncc(-c2ccc(C3C=CC(C4(C(=O)O)CC4)=CC3)cn2)c1Nc1cncc(C(C)(F)F)n1. The fourth-order valence-corrected chi connectivity index (χ4v) is 4.29. The van der Waals surface area contributed by atoms with E-state index in [1.54, 1.807) is 24.1 Å². The maximum atomic E-state index is 13.7. The highest BCUT2D eigenvalue weighted by Crippen LogP contribution is 2.54. The van der Waals surface area contributed by atoms with Crippen molar-refractivity contribution < 1.29 is 18.7 Å². The Labute approximate surface area is 200 Å². The van der Waals surface area contributed by atoms with Crippen molar-refractivity contribution in [1.29, 1.82) is 0 Å². The number of carboxylic acids is 1. The first-order valence-electron chi connectivity index (χ1n) is 11.3. The number of anilines is 2. The third-order valence-corrected chi connectivity index (χ3v) is 6.57. The van der Waals surface area contributed by atoms with Gasteiger partial charge in [-0.05, 0) is 36.5 Å². The highest BCUT2D eigenvalue weighted by molar-refractivity contribution is 5.83. The molecule has 2 aliphatic carbocycles. The maximum absolute atomic E-state index is 13.7. The van der Waals surface area contributed by atoms with Crippen molar-refractivity contribution in [2.24, 2.45) is 12.5 Å². The Kier molecular flexibility index (Phi) is 5.46. The van der Waals surface area contributed by atoms with Gasteiger partial charge in [-0.25, -0.2) is 4.98 Å². The number of halogens is 2. The summed E-state index contributed by atoms with van der Waals surface area (Å²) in [5.74, 6) is -3.02. The average Bonchev–Trinajstić information content (AvgIpc) is 3.59. The molecule has 0 saturated heterocycles. The van der Waals surface area contributed by atoms with Gasteiger partial charge in [0.15, 0.2) is 5.82 Å². The van der Waals surface area contributed by atoms with Crippen molar-refractivity contribution in [3.8, 4) is 11.3 Å². The minimum Gasteiger partial charge on any atom is -0.481 e. The Morgan fingerprint density at radius 1 is 1.23 bits per heavy atom. The predicted molar refractivity (Wildman–Crippen MR) is 125 cm³/mol. The summed E-state index contributed by atoms with van der Waals surface area (Å²) in [6, 6.07) is 3.86. The molecule has 1 fully saturated rings. The monoisotopic (exact) mass is 478 g/mol. The number of rotatable bonds is 7. The number of pyridine rings is 1. The molecule has 35 heavy (non-hydrogen) atoms. The summed E-state index contributed by atoms with van der Waals surface area (Å²) in [5.41, 5.74) is 2.14. The molecule has 0 aromatic carbocycles. The van der Waals surface area contributed by atoms with Gasteiger partial charge in [-0.3, -0.25) is 19.4 Å². The largest absolute Gasteiger partial charge is 0.481 e. The third-order valence-electron chi connectivity index (χ3n) is 6.57. The van der Waals surface area contributed by atoms with Crippen molar-refractivity contribution in [1.82, 2.24) is 24.7 Å². The molecule has 3 heterocycles. The number of hydrogen-bond donors (Lipinski definition) is 2. The van der Waals surface area contributed by atoms with Crippen LogP contribution in [0.2, 0.25) is 0 Å². The van der Waals surface area contributed by atoms with Gasteiger partial charge in [-0.1, -0.05) is 24.3 Å². The van der Waals surface area contributed by atoms with Crippen molar-refractivity contribution in [3.05, 3.63) is 72.0 Å². The average molecular weight is 479 g/mol. The summed E-state index contributed by atoms with van der Waals surface area (Å²) in [5, 5.41) is 16.8. The minimum absolute atomic E-state index is 0.116. The van der Waals surface area contributed by atoms with E-state index in [2.05, 4.69) is 25.4 Å². The molecule has 1 unspecified atom stereocenters. The Hall–Kier alpha value is -3.95. The third kappa shape index (κ3) is 4.31. The van der Waals surface area contributed by atoms with Gasteiger partial charge in [0.25, 0.3) is 5.92 Å². The molecule has 0 radical (unpaired) electrons. The van der Waals surface area contributed by atoms with Gasteiger partial charge < -0.3 is 10.4 Å². The van der Waals surface area contributed by atoms with E-state index < -0.39 is 23.0 Å². The molecule has 0 amide bonds. The van der Waals surface area contributed by atoms with Gasteiger partial charge in [0.2, 0.25) is 0 Å². The lowest BCUT2D eigenvalue weighted by Crippen LogP contribution is -2.18. The summed E-state index contributed by atoms with van der Waals surface area (Å²) in [6.07, 6.45) is 14.0. The second-order valence-electron chi connectivity index (χ2n) is 9.06. The molecule has 0 bridgehead atoms. The Balaban J connectivity index is 1.34. The lowest BCUT2D eigenvalue weighted by molar-refractivity contribution is -0.141. The summed E-state index contributed by atoms with van der Waals surface area (Å²) >= 11 is 0. The first-order valence-corrected chi connectivity index (χ1v) is 11.3. The number of allylic oxidation sites excluding steroid dienone is 3. The van der Waals surface area contributed by atoms with Crippen LogP contribution in [0.15, 0.2) is 60.7 Å². The van der Waals surface area contributed by atoms with Crippen LogP contribution in [0, 0.1) is 5.41 Å². The molecule has 2 N–H and O–H groups in total. The van der Waals surface area contributed by atoms with E-state index in [0.29, 0.717) is 29.9 Å². The van der Waals surface area contributed by atoms with E-state index >= 15 is 0 Å². The van der Waals surface area contributed by atoms with Crippen molar-refractivity contribution in [3.63, 3.8) is 0 Å². The molecule has 1 saturated carbocycles. The number of carbonyl (C=O) groups is 1. The topological polar surface area (TPSA) is 106 Å². The molecule has 5 rings (SSSR count). The van der Waals surface area contributed by atoms with Crippen LogP contribution >= 0.6 is 0 Å². The molecule has 8 nitrogen and oxygen atoms in total. The fourth-order valence-electron chi connectivity index (χ4n) is 4.29. The number of carboxylic acid groups (broad SMARTS) is 1. The molecule has 2 aliphatic rings. The van der Waals surface area contributed by atoms with Crippen molar-refractivity contribution in [2.75, 3.05) is 5.32 Å². The summed E-state index contributed by atoms with van der Waals surface area (Å²) in [6.45, 7) is 0.774. The first kappa shape index (κ1) is 22.8. The molecule has 0 aliphatic heterocycles. The molecule has 10 heteroatoms. The summed E-state index contributed by atoms with van der Waals surface area (Å²) < 4.78 is 28.9. The van der Waals surface area contributed by atoms with Crippen LogP contribution in [0.4, 0.5) is 20.4 Å². The number of aliphatic carboxylic acids is 1. The second-order valence-corrected chi connectivity index (χ2v) is 9.06. The zero-order valence-electron chi connectivity index (χ0n) is 19.2. The van der Waals surface area contributed by atoms with Crippen LogP contribution < -0.4 is 5.32 Å². The molecular formula is C25H24F2N6O2. The molecule has 0 spiro atoms. The smallest absolute Gasteiger partial charge is 0.314 e. The molecule has 180 valence electrons. The Morgan fingerprint density at radius 3 is 2.63 bits per heavy atom. The number of alkyl halides is 2. The molecule has 3 aromatic heterocycles. The molecule has 3 aromatic rings. The zero-order chi connectivity index (χ0) is 24.8. The van der Waals surface area contributed by atoms with Gasteiger partial charge in [0.1, 0.15) is 11.5 Å². The Morgan fingerprint density at radius 2 is 2.03 bits per heavy atom. The van der Waals surface area contributed by atoms with Gasteiger partial charge in [0, 0.05) is 26.1 Å². The highest BCUT2D eigenvalue weighted by atomic mass is 19.3. The van der Waals surface area contributed by atoms with Gasteiger partial charge in [-0.15, -0.1) is 0 Å².